The molecule has 0 saturated heterocycles. The second kappa shape index (κ2) is 6.52. The van der Waals surface area contributed by atoms with Crippen LogP contribution in [0.25, 0.3) is 0 Å². The van der Waals surface area contributed by atoms with E-state index in [0.717, 1.165) is 12.2 Å². The lowest BCUT2D eigenvalue weighted by Gasteiger charge is -2.09. The van der Waals surface area contributed by atoms with Gasteiger partial charge in [-0.15, -0.1) is 0 Å². The number of hydrogen-bond acceptors (Lipinski definition) is 3. The molecule has 0 radical (unpaired) electrons. The van der Waals surface area contributed by atoms with Crippen LogP contribution in [-0.2, 0) is 14.3 Å². The minimum Gasteiger partial charge on any atom is -0.498 e. The molecule has 0 bridgehead atoms. The third kappa shape index (κ3) is 3.97. The van der Waals surface area contributed by atoms with E-state index in [-0.39, 0.29) is 5.97 Å². The van der Waals surface area contributed by atoms with Gasteiger partial charge in [-0.2, -0.15) is 0 Å². The lowest BCUT2D eigenvalue weighted by Crippen LogP contribution is -2.09. The van der Waals surface area contributed by atoms with Gasteiger partial charge in [0.25, 0.3) is 0 Å². The Morgan fingerprint density at radius 1 is 1.08 bits per heavy atom. The lowest BCUT2D eigenvalue weighted by atomic mass is 10.2. The molecule has 0 aliphatic carbocycles. The molecular weight excluding hydrogens is 168 g/mol. The summed E-state index contributed by atoms with van der Waals surface area (Å²) in [5, 5.41) is 0. The molecule has 76 valence electrons. The molecule has 3 heteroatoms. The summed E-state index contributed by atoms with van der Waals surface area (Å²) in [4.78, 5) is 11.3. The number of ether oxygens (including phenoxy) is 2. The van der Waals surface area contributed by atoms with Crippen LogP contribution in [0.1, 0.15) is 34.1 Å². The molecule has 0 rings (SSSR count). The van der Waals surface area contributed by atoms with Gasteiger partial charge in [0, 0.05) is 6.42 Å². The van der Waals surface area contributed by atoms with Crippen molar-refractivity contribution in [2.24, 2.45) is 0 Å². The number of carbonyl (C=O) groups excluding carboxylic acids is 1. The molecule has 13 heavy (non-hydrogen) atoms. The van der Waals surface area contributed by atoms with Crippen LogP contribution in [-0.4, -0.2) is 19.2 Å². The molecule has 0 aliphatic rings. The van der Waals surface area contributed by atoms with Crippen molar-refractivity contribution in [2.45, 2.75) is 34.1 Å². The molecule has 0 fully saturated rings. The fraction of sp³-hybridized carbons (Fsp3) is 0.700. The first kappa shape index (κ1) is 12.0. The average Bonchev–Trinajstić information content (AvgIpc) is 2.13. The Hall–Kier alpha value is -0.990. The summed E-state index contributed by atoms with van der Waals surface area (Å²) in [6.07, 6.45) is 0.721. The van der Waals surface area contributed by atoms with Crippen LogP contribution in [0.15, 0.2) is 11.3 Å². The molecule has 0 unspecified atom stereocenters. The van der Waals surface area contributed by atoms with E-state index in [1.165, 1.54) is 0 Å². The Kier molecular flexibility index (Phi) is 6.02. The summed E-state index contributed by atoms with van der Waals surface area (Å²) in [6, 6.07) is 0. The maximum atomic E-state index is 11.3. The quantitative estimate of drug-likeness (QED) is 0.375. The Balaban J connectivity index is 4.43. The van der Waals surface area contributed by atoms with Crippen molar-refractivity contribution in [1.29, 1.82) is 0 Å². The van der Waals surface area contributed by atoms with Gasteiger partial charge in [-0.25, -0.2) is 4.79 Å². The monoisotopic (exact) mass is 186 g/mol. The predicted molar refractivity (Wildman–Crippen MR) is 51.3 cm³/mol. The van der Waals surface area contributed by atoms with Gasteiger partial charge >= 0.3 is 5.97 Å². The first-order chi connectivity index (χ1) is 6.17. The number of carbonyl (C=O) groups is 1. The Morgan fingerprint density at radius 2 is 1.62 bits per heavy atom. The molecule has 0 aromatic rings. The van der Waals surface area contributed by atoms with Crippen molar-refractivity contribution in [1.82, 2.24) is 0 Å². The van der Waals surface area contributed by atoms with Crippen molar-refractivity contribution in [3.05, 3.63) is 11.3 Å². The van der Waals surface area contributed by atoms with Crippen molar-refractivity contribution in [2.75, 3.05) is 13.2 Å². The third-order valence-corrected chi connectivity index (χ3v) is 1.64. The fourth-order valence-electron chi connectivity index (χ4n) is 1.00. The molecule has 0 saturated carbocycles. The van der Waals surface area contributed by atoms with Gasteiger partial charge in [0.05, 0.1) is 18.8 Å². The van der Waals surface area contributed by atoms with E-state index in [0.29, 0.717) is 18.8 Å². The summed E-state index contributed by atoms with van der Waals surface area (Å²) < 4.78 is 10.2. The summed E-state index contributed by atoms with van der Waals surface area (Å²) in [7, 11) is 0. The van der Waals surface area contributed by atoms with Crippen molar-refractivity contribution < 1.29 is 14.3 Å². The maximum Gasteiger partial charge on any atom is 0.337 e. The summed E-state index contributed by atoms with van der Waals surface area (Å²) in [6.45, 7) is 8.35. The highest BCUT2D eigenvalue weighted by Gasteiger charge is 2.10. The molecule has 0 atom stereocenters. The standard InChI is InChI=1S/C10H18O3/c1-5-9(12-6-2)8(4)10(11)13-7-3/h5-7H2,1-4H3/b9-8+. The third-order valence-electron chi connectivity index (χ3n) is 1.64. The van der Waals surface area contributed by atoms with Crippen LogP contribution in [0.5, 0.6) is 0 Å². The zero-order valence-corrected chi connectivity index (χ0v) is 8.85. The molecule has 0 aromatic heterocycles. The minimum atomic E-state index is -0.284. The molecule has 0 aliphatic heterocycles. The second-order valence-corrected chi connectivity index (χ2v) is 2.56. The van der Waals surface area contributed by atoms with Gasteiger partial charge in [0.1, 0.15) is 5.76 Å². The number of rotatable bonds is 5. The number of esters is 1. The molecule has 0 aromatic carbocycles. The van der Waals surface area contributed by atoms with Gasteiger partial charge in [0.15, 0.2) is 0 Å². The van der Waals surface area contributed by atoms with Crippen LogP contribution >= 0.6 is 0 Å². The molecular formula is C10H18O3. The highest BCUT2D eigenvalue weighted by atomic mass is 16.5. The second-order valence-electron chi connectivity index (χ2n) is 2.56. The van der Waals surface area contributed by atoms with Gasteiger partial charge in [0.2, 0.25) is 0 Å². The van der Waals surface area contributed by atoms with Crippen LogP contribution in [0, 0.1) is 0 Å². The van der Waals surface area contributed by atoms with E-state index >= 15 is 0 Å². The smallest absolute Gasteiger partial charge is 0.337 e. The van der Waals surface area contributed by atoms with Gasteiger partial charge < -0.3 is 9.47 Å². The van der Waals surface area contributed by atoms with Crippen LogP contribution in [0.2, 0.25) is 0 Å². The highest BCUT2D eigenvalue weighted by molar-refractivity contribution is 5.88. The zero-order chi connectivity index (χ0) is 10.3. The molecule has 0 amide bonds. The Bertz CT molecular complexity index is 194. The van der Waals surface area contributed by atoms with Crippen molar-refractivity contribution >= 4 is 5.97 Å². The van der Waals surface area contributed by atoms with E-state index in [1.807, 2.05) is 13.8 Å². The van der Waals surface area contributed by atoms with Gasteiger partial charge in [-0.05, 0) is 20.8 Å². The van der Waals surface area contributed by atoms with Crippen LogP contribution < -0.4 is 0 Å². The first-order valence-electron chi connectivity index (χ1n) is 4.66. The highest BCUT2D eigenvalue weighted by Crippen LogP contribution is 2.11. The first-order valence-corrected chi connectivity index (χ1v) is 4.66. The van der Waals surface area contributed by atoms with Gasteiger partial charge in [-0.1, -0.05) is 6.92 Å². The van der Waals surface area contributed by atoms with Crippen LogP contribution in [0.3, 0.4) is 0 Å². The largest absolute Gasteiger partial charge is 0.498 e. The van der Waals surface area contributed by atoms with Crippen LogP contribution in [0.4, 0.5) is 0 Å². The Morgan fingerprint density at radius 3 is 2.00 bits per heavy atom. The van der Waals surface area contributed by atoms with Crippen molar-refractivity contribution in [3.63, 3.8) is 0 Å². The van der Waals surface area contributed by atoms with E-state index in [4.69, 9.17) is 9.47 Å². The normalized spacial score (nSPS) is 12.0. The van der Waals surface area contributed by atoms with Gasteiger partial charge in [-0.3, -0.25) is 0 Å². The number of allylic oxidation sites excluding steroid dienone is 1. The summed E-state index contributed by atoms with van der Waals surface area (Å²) in [5.74, 6) is 0.439. The number of hydrogen-bond donors (Lipinski definition) is 0. The molecule has 0 heterocycles. The van der Waals surface area contributed by atoms with Crippen molar-refractivity contribution in [3.8, 4) is 0 Å². The summed E-state index contributed by atoms with van der Waals surface area (Å²) >= 11 is 0. The predicted octanol–water partition coefficient (Wildman–Crippen LogP) is 2.27. The summed E-state index contributed by atoms with van der Waals surface area (Å²) in [5.41, 5.74) is 0.575. The van der Waals surface area contributed by atoms with E-state index < -0.39 is 0 Å². The molecule has 3 nitrogen and oxygen atoms in total. The molecule has 0 spiro atoms. The maximum absolute atomic E-state index is 11.3. The van der Waals surface area contributed by atoms with E-state index in [1.54, 1.807) is 13.8 Å². The van der Waals surface area contributed by atoms with E-state index in [9.17, 15) is 4.79 Å². The topological polar surface area (TPSA) is 35.5 Å². The Labute approximate surface area is 79.7 Å². The fourth-order valence-corrected chi connectivity index (χ4v) is 1.00. The minimum absolute atomic E-state index is 0.284. The SMILES string of the molecule is CCOC(=O)/C(C)=C(\CC)OCC. The van der Waals surface area contributed by atoms with E-state index in [2.05, 4.69) is 0 Å². The average molecular weight is 186 g/mol. The zero-order valence-electron chi connectivity index (χ0n) is 8.85. The molecule has 0 N–H and O–H groups in total. The lowest BCUT2D eigenvalue weighted by molar-refractivity contribution is -0.138.